The number of benzene rings is 1. The molecule has 0 aliphatic rings. The number of anilines is 1. The van der Waals surface area contributed by atoms with Gasteiger partial charge in [-0.3, -0.25) is 4.72 Å². The van der Waals surface area contributed by atoms with E-state index in [2.05, 4.69) is 34.3 Å². The average molecular weight is 182 g/mol. The van der Waals surface area contributed by atoms with E-state index in [0.717, 1.165) is 11.4 Å². The minimum absolute atomic E-state index is 1.01. The van der Waals surface area contributed by atoms with Crippen LogP contribution in [0, 0.1) is 0 Å². The molecule has 0 heterocycles. The second kappa shape index (κ2) is 5.06. The van der Waals surface area contributed by atoms with Crippen LogP contribution in [0.2, 0.25) is 0 Å². The zero-order chi connectivity index (χ0) is 8.81. The van der Waals surface area contributed by atoms with E-state index in [-0.39, 0.29) is 0 Å². The molecule has 0 aliphatic carbocycles. The Kier molecular flexibility index (Phi) is 3.97. The molecule has 2 nitrogen and oxygen atoms in total. The first-order valence-electron chi connectivity index (χ1n) is 3.92. The van der Waals surface area contributed by atoms with Gasteiger partial charge in [0.05, 0.1) is 0 Å². The molecule has 0 unspecified atom stereocenters. The Morgan fingerprint density at radius 1 is 1.17 bits per heavy atom. The van der Waals surface area contributed by atoms with Crippen molar-refractivity contribution in [2.75, 3.05) is 19.4 Å². The van der Waals surface area contributed by atoms with E-state index in [4.69, 9.17) is 0 Å². The van der Waals surface area contributed by atoms with Gasteiger partial charge in [-0.1, -0.05) is 24.1 Å². The summed E-state index contributed by atoms with van der Waals surface area (Å²) in [7, 11) is 3.87. The smallest absolute Gasteiger partial charge is 0.0337 e. The van der Waals surface area contributed by atoms with Crippen LogP contribution in [0.1, 0.15) is 5.56 Å². The second-order valence-corrected chi connectivity index (χ2v) is 3.43. The van der Waals surface area contributed by atoms with Crippen molar-refractivity contribution in [2.45, 2.75) is 5.75 Å². The summed E-state index contributed by atoms with van der Waals surface area (Å²) in [4.78, 5) is 0. The van der Waals surface area contributed by atoms with Crippen LogP contribution >= 0.6 is 11.9 Å². The lowest BCUT2D eigenvalue weighted by molar-refractivity contribution is 1.27. The molecule has 3 heteroatoms. The highest BCUT2D eigenvalue weighted by Crippen LogP contribution is 2.12. The van der Waals surface area contributed by atoms with Crippen molar-refractivity contribution in [2.24, 2.45) is 0 Å². The Morgan fingerprint density at radius 3 is 2.33 bits per heavy atom. The summed E-state index contributed by atoms with van der Waals surface area (Å²) in [5.74, 6) is 1.01. The summed E-state index contributed by atoms with van der Waals surface area (Å²) < 4.78 is 3.05. The Hall–Kier alpha value is -0.670. The van der Waals surface area contributed by atoms with Gasteiger partial charge in [0.15, 0.2) is 0 Å². The van der Waals surface area contributed by atoms with Crippen LogP contribution < -0.4 is 10.0 Å². The van der Waals surface area contributed by atoms with E-state index < -0.39 is 0 Å². The molecular formula is C9H14N2S. The third kappa shape index (κ3) is 2.75. The molecule has 12 heavy (non-hydrogen) atoms. The van der Waals surface area contributed by atoms with Gasteiger partial charge in [0, 0.05) is 18.5 Å². The molecule has 0 atom stereocenters. The lowest BCUT2D eigenvalue weighted by atomic mass is 10.2. The lowest BCUT2D eigenvalue weighted by Gasteiger charge is -2.02. The Morgan fingerprint density at radius 2 is 1.83 bits per heavy atom. The third-order valence-electron chi connectivity index (χ3n) is 1.63. The Labute approximate surface area is 77.9 Å². The summed E-state index contributed by atoms with van der Waals surface area (Å²) in [6.45, 7) is 0. The van der Waals surface area contributed by atoms with Gasteiger partial charge in [0.1, 0.15) is 0 Å². The zero-order valence-electron chi connectivity index (χ0n) is 7.42. The highest BCUT2D eigenvalue weighted by Gasteiger charge is 1.91. The van der Waals surface area contributed by atoms with Gasteiger partial charge in [-0.05, 0) is 24.7 Å². The Balaban J connectivity index is 2.53. The molecule has 0 saturated heterocycles. The quantitative estimate of drug-likeness (QED) is 0.697. The van der Waals surface area contributed by atoms with Gasteiger partial charge in [-0.25, -0.2) is 0 Å². The predicted molar refractivity (Wildman–Crippen MR) is 56.3 cm³/mol. The molecule has 1 aromatic carbocycles. The zero-order valence-corrected chi connectivity index (χ0v) is 8.24. The fourth-order valence-electron chi connectivity index (χ4n) is 0.923. The molecule has 0 fully saturated rings. The number of hydrogen-bond acceptors (Lipinski definition) is 3. The molecule has 1 aromatic rings. The molecule has 0 spiro atoms. The van der Waals surface area contributed by atoms with E-state index in [1.807, 2.05) is 14.1 Å². The van der Waals surface area contributed by atoms with E-state index in [1.54, 1.807) is 11.9 Å². The SMILES string of the molecule is CNSCc1ccc(NC)cc1. The first kappa shape index (κ1) is 9.42. The van der Waals surface area contributed by atoms with Crippen molar-refractivity contribution < 1.29 is 0 Å². The maximum Gasteiger partial charge on any atom is 0.0337 e. The van der Waals surface area contributed by atoms with Gasteiger partial charge < -0.3 is 5.32 Å². The highest BCUT2D eigenvalue weighted by molar-refractivity contribution is 7.96. The van der Waals surface area contributed by atoms with Crippen molar-refractivity contribution >= 4 is 17.6 Å². The molecule has 0 saturated carbocycles. The first-order chi connectivity index (χ1) is 5.86. The van der Waals surface area contributed by atoms with Crippen molar-refractivity contribution in [3.8, 4) is 0 Å². The third-order valence-corrected chi connectivity index (χ3v) is 2.39. The summed E-state index contributed by atoms with van der Waals surface area (Å²) in [6, 6.07) is 8.45. The van der Waals surface area contributed by atoms with Crippen molar-refractivity contribution in [1.82, 2.24) is 4.72 Å². The first-order valence-corrected chi connectivity index (χ1v) is 4.90. The second-order valence-electron chi connectivity index (χ2n) is 2.44. The van der Waals surface area contributed by atoms with Crippen LogP contribution in [0.15, 0.2) is 24.3 Å². The van der Waals surface area contributed by atoms with Crippen molar-refractivity contribution in [3.05, 3.63) is 29.8 Å². The van der Waals surface area contributed by atoms with Crippen LogP contribution in [0.25, 0.3) is 0 Å². The minimum atomic E-state index is 1.01. The fraction of sp³-hybridized carbons (Fsp3) is 0.333. The highest BCUT2D eigenvalue weighted by atomic mass is 32.2. The normalized spacial score (nSPS) is 9.83. The maximum atomic E-state index is 3.09. The topological polar surface area (TPSA) is 24.1 Å². The summed E-state index contributed by atoms with van der Waals surface area (Å²) in [5, 5.41) is 3.09. The van der Waals surface area contributed by atoms with Gasteiger partial charge in [-0.2, -0.15) is 0 Å². The van der Waals surface area contributed by atoms with Crippen molar-refractivity contribution in [1.29, 1.82) is 0 Å². The fourth-order valence-corrected chi connectivity index (χ4v) is 1.43. The summed E-state index contributed by atoms with van der Waals surface area (Å²) >= 11 is 1.70. The molecule has 1 rings (SSSR count). The van der Waals surface area contributed by atoms with Crippen LogP contribution in [0.4, 0.5) is 5.69 Å². The predicted octanol–water partition coefficient (Wildman–Crippen LogP) is 2.10. The minimum Gasteiger partial charge on any atom is -0.388 e. The standard InChI is InChI=1S/C9H14N2S/c1-10-9-5-3-8(4-6-9)7-12-11-2/h3-6,10-11H,7H2,1-2H3. The molecule has 0 aliphatic heterocycles. The monoisotopic (exact) mass is 182 g/mol. The summed E-state index contributed by atoms with van der Waals surface area (Å²) in [6.07, 6.45) is 0. The molecular weight excluding hydrogens is 168 g/mol. The molecule has 0 bridgehead atoms. The molecule has 0 aromatic heterocycles. The van der Waals surface area contributed by atoms with Crippen LogP contribution in [-0.2, 0) is 5.75 Å². The van der Waals surface area contributed by atoms with E-state index in [0.29, 0.717) is 0 Å². The van der Waals surface area contributed by atoms with Crippen LogP contribution in [0.3, 0.4) is 0 Å². The van der Waals surface area contributed by atoms with E-state index in [1.165, 1.54) is 5.56 Å². The van der Waals surface area contributed by atoms with Crippen molar-refractivity contribution in [3.63, 3.8) is 0 Å². The van der Waals surface area contributed by atoms with E-state index in [9.17, 15) is 0 Å². The maximum absolute atomic E-state index is 3.09. The van der Waals surface area contributed by atoms with Gasteiger partial charge >= 0.3 is 0 Å². The van der Waals surface area contributed by atoms with E-state index >= 15 is 0 Å². The van der Waals surface area contributed by atoms with Crippen LogP contribution in [-0.4, -0.2) is 14.1 Å². The lowest BCUT2D eigenvalue weighted by Crippen LogP contribution is -1.93. The number of nitrogens with one attached hydrogen (secondary N) is 2. The van der Waals surface area contributed by atoms with Crippen LogP contribution in [0.5, 0.6) is 0 Å². The number of rotatable bonds is 4. The molecule has 0 amide bonds. The van der Waals surface area contributed by atoms with Gasteiger partial charge in [0.25, 0.3) is 0 Å². The largest absolute Gasteiger partial charge is 0.388 e. The molecule has 66 valence electrons. The van der Waals surface area contributed by atoms with Gasteiger partial charge in [-0.15, -0.1) is 0 Å². The molecule has 2 N–H and O–H groups in total. The van der Waals surface area contributed by atoms with Gasteiger partial charge in [0.2, 0.25) is 0 Å². The number of hydrogen-bond donors (Lipinski definition) is 2. The Bertz CT molecular complexity index is 220. The summed E-state index contributed by atoms with van der Waals surface area (Å²) in [5.41, 5.74) is 2.50. The molecule has 0 radical (unpaired) electrons. The average Bonchev–Trinajstić information content (AvgIpc) is 2.15.